The van der Waals surface area contributed by atoms with Crippen LogP contribution in [-0.2, 0) is 10.2 Å². The lowest BCUT2D eigenvalue weighted by molar-refractivity contribution is -0.126. The molecule has 94 valence electrons. The van der Waals surface area contributed by atoms with E-state index in [1.165, 1.54) is 5.56 Å². The van der Waals surface area contributed by atoms with E-state index in [9.17, 15) is 4.79 Å². The SMILES string of the molecule is CNC(=O)C(C)Oc1ccc(C(C)(C)C)cc1. The van der Waals surface area contributed by atoms with Crippen molar-refractivity contribution in [3.63, 3.8) is 0 Å². The lowest BCUT2D eigenvalue weighted by atomic mass is 9.87. The monoisotopic (exact) mass is 235 g/mol. The van der Waals surface area contributed by atoms with E-state index in [1.54, 1.807) is 14.0 Å². The summed E-state index contributed by atoms with van der Waals surface area (Å²) in [6, 6.07) is 7.87. The molecular formula is C14H21NO2. The highest BCUT2D eigenvalue weighted by Crippen LogP contribution is 2.24. The minimum atomic E-state index is -0.472. The Hall–Kier alpha value is -1.51. The Morgan fingerprint density at radius 2 is 1.76 bits per heavy atom. The molecule has 17 heavy (non-hydrogen) atoms. The lowest BCUT2D eigenvalue weighted by Gasteiger charge is -2.20. The fourth-order valence-corrected chi connectivity index (χ4v) is 1.49. The van der Waals surface area contributed by atoms with Crippen LogP contribution in [0.1, 0.15) is 33.3 Å². The largest absolute Gasteiger partial charge is 0.481 e. The van der Waals surface area contributed by atoms with E-state index in [4.69, 9.17) is 4.74 Å². The molecule has 0 heterocycles. The fourth-order valence-electron chi connectivity index (χ4n) is 1.49. The summed E-state index contributed by atoms with van der Waals surface area (Å²) in [5.74, 6) is 0.596. The van der Waals surface area contributed by atoms with Gasteiger partial charge in [-0.25, -0.2) is 0 Å². The zero-order valence-corrected chi connectivity index (χ0v) is 11.2. The third-order valence-electron chi connectivity index (χ3n) is 2.65. The van der Waals surface area contributed by atoms with Gasteiger partial charge in [0.1, 0.15) is 5.75 Å². The first-order chi connectivity index (χ1) is 7.84. The van der Waals surface area contributed by atoms with Crippen LogP contribution in [0.15, 0.2) is 24.3 Å². The quantitative estimate of drug-likeness (QED) is 0.874. The van der Waals surface area contributed by atoms with Crippen molar-refractivity contribution in [1.29, 1.82) is 0 Å². The van der Waals surface area contributed by atoms with Crippen LogP contribution in [0.4, 0.5) is 0 Å². The van der Waals surface area contributed by atoms with Crippen LogP contribution >= 0.6 is 0 Å². The second kappa shape index (κ2) is 5.21. The van der Waals surface area contributed by atoms with Crippen molar-refractivity contribution in [2.24, 2.45) is 0 Å². The summed E-state index contributed by atoms with van der Waals surface area (Å²) >= 11 is 0. The van der Waals surface area contributed by atoms with Crippen molar-refractivity contribution >= 4 is 5.91 Å². The summed E-state index contributed by atoms with van der Waals surface area (Å²) in [5.41, 5.74) is 1.38. The zero-order chi connectivity index (χ0) is 13.1. The number of likely N-dealkylation sites (N-methyl/N-ethyl adjacent to an activating group) is 1. The summed E-state index contributed by atoms with van der Waals surface area (Å²) < 4.78 is 5.52. The Bertz CT molecular complexity index is 376. The Labute approximate surface area is 103 Å². The number of rotatable bonds is 3. The Kier molecular flexibility index (Phi) is 4.16. The van der Waals surface area contributed by atoms with E-state index in [1.807, 2.05) is 24.3 Å². The third kappa shape index (κ3) is 3.77. The van der Waals surface area contributed by atoms with Gasteiger partial charge < -0.3 is 10.1 Å². The third-order valence-corrected chi connectivity index (χ3v) is 2.65. The van der Waals surface area contributed by atoms with Crippen LogP contribution in [0.5, 0.6) is 5.75 Å². The minimum absolute atomic E-state index is 0.120. The highest BCUT2D eigenvalue weighted by atomic mass is 16.5. The van der Waals surface area contributed by atoms with Gasteiger partial charge in [-0.1, -0.05) is 32.9 Å². The van der Waals surface area contributed by atoms with Gasteiger partial charge in [-0.05, 0) is 30.0 Å². The smallest absolute Gasteiger partial charge is 0.260 e. The van der Waals surface area contributed by atoms with Gasteiger partial charge in [0.25, 0.3) is 5.91 Å². The fraction of sp³-hybridized carbons (Fsp3) is 0.500. The average Bonchev–Trinajstić information content (AvgIpc) is 2.27. The van der Waals surface area contributed by atoms with Crippen molar-refractivity contribution < 1.29 is 9.53 Å². The number of benzene rings is 1. The first-order valence-electron chi connectivity index (χ1n) is 5.83. The van der Waals surface area contributed by atoms with E-state index in [-0.39, 0.29) is 11.3 Å². The maximum absolute atomic E-state index is 11.3. The number of carbonyl (C=O) groups is 1. The predicted molar refractivity (Wildman–Crippen MR) is 69.3 cm³/mol. The van der Waals surface area contributed by atoms with Gasteiger partial charge in [0.05, 0.1) is 0 Å². The van der Waals surface area contributed by atoms with Gasteiger partial charge in [0.15, 0.2) is 6.10 Å². The van der Waals surface area contributed by atoms with E-state index in [0.717, 1.165) is 0 Å². The number of nitrogens with one attached hydrogen (secondary N) is 1. The Balaban J connectivity index is 2.72. The number of carbonyl (C=O) groups excluding carboxylic acids is 1. The summed E-state index contributed by atoms with van der Waals surface area (Å²) in [4.78, 5) is 11.3. The Morgan fingerprint density at radius 3 is 2.18 bits per heavy atom. The lowest BCUT2D eigenvalue weighted by Crippen LogP contribution is -2.33. The highest BCUT2D eigenvalue weighted by molar-refractivity contribution is 5.80. The molecule has 0 aliphatic carbocycles. The van der Waals surface area contributed by atoms with Crippen LogP contribution in [0, 0.1) is 0 Å². The second-order valence-corrected chi connectivity index (χ2v) is 5.15. The molecule has 0 bridgehead atoms. The van der Waals surface area contributed by atoms with Crippen molar-refractivity contribution in [3.8, 4) is 5.75 Å². The van der Waals surface area contributed by atoms with E-state index >= 15 is 0 Å². The molecule has 0 radical (unpaired) electrons. The average molecular weight is 235 g/mol. The molecule has 0 aliphatic rings. The molecular weight excluding hydrogens is 214 g/mol. The van der Waals surface area contributed by atoms with Gasteiger partial charge in [-0.15, -0.1) is 0 Å². The molecule has 0 saturated carbocycles. The summed E-state index contributed by atoms with van der Waals surface area (Å²) in [6.07, 6.45) is -0.472. The molecule has 1 amide bonds. The molecule has 3 heteroatoms. The summed E-state index contributed by atoms with van der Waals surface area (Å²) in [5, 5.41) is 2.56. The standard InChI is InChI=1S/C14H21NO2/c1-10(13(16)15-5)17-12-8-6-11(7-9-12)14(2,3)4/h6-10H,1-5H3,(H,15,16). The van der Waals surface area contributed by atoms with Gasteiger partial charge in [-0.2, -0.15) is 0 Å². The van der Waals surface area contributed by atoms with E-state index in [0.29, 0.717) is 5.75 Å². The van der Waals surface area contributed by atoms with Crippen LogP contribution < -0.4 is 10.1 Å². The number of amides is 1. The molecule has 0 spiro atoms. The molecule has 0 aromatic heterocycles. The van der Waals surface area contributed by atoms with Crippen molar-refractivity contribution in [3.05, 3.63) is 29.8 Å². The van der Waals surface area contributed by atoms with E-state index in [2.05, 4.69) is 26.1 Å². The van der Waals surface area contributed by atoms with Crippen LogP contribution in [0.25, 0.3) is 0 Å². The molecule has 1 unspecified atom stereocenters. The topological polar surface area (TPSA) is 38.3 Å². The summed E-state index contributed by atoms with van der Waals surface area (Å²) in [6.45, 7) is 8.22. The van der Waals surface area contributed by atoms with Gasteiger partial charge in [-0.3, -0.25) is 4.79 Å². The molecule has 0 aliphatic heterocycles. The maximum atomic E-state index is 11.3. The maximum Gasteiger partial charge on any atom is 0.260 e. The molecule has 1 aromatic rings. The zero-order valence-electron chi connectivity index (χ0n) is 11.2. The van der Waals surface area contributed by atoms with Crippen molar-refractivity contribution in [1.82, 2.24) is 5.32 Å². The van der Waals surface area contributed by atoms with Crippen molar-refractivity contribution in [2.75, 3.05) is 7.05 Å². The first kappa shape index (κ1) is 13.6. The number of hydrogen-bond acceptors (Lipinski definition) is 2. The number of ether oxygens (including phenoxy) is 1. The normalized spacial score (nSPS) is 13.0. The predicted octanol–water partition coefficient (Wildman–Crippen LogP) is 2.50. The van der Waals surface area contributed by atoms with Gasteiger partial charge in [0, 0.05) is 7.05 Å². The van der Waals surface area contributed by atoms with Crippen LogP contribution in [0.3, 0.4) is 0 Å². The molecule has 0 saturated heterocycles. The van der Waals surface area contributed by atoms with Crippen molar-refractivity contribution in [2.45, 2.75) is 39.2 Å². The Morgan fingerprint density at radius 1 is 1.24 bits per heavy atom. The molecule has 1 rings (SSSR count). The second-order valence-electron chi connectivity index (χ2n) is 5.15. The molecule has 1 atom stereocenters. The van der Waals surface area contributed by atoms with Gasteiger partial charge >= 0.3 is 0 Å². The first-order valence-corrected chi connectivity index (χ1v) is 5.83. The molecule has 3 nitrogen and oxygen atoms in total. The van der Waals surface area contributed by atoms with Crippen LogP contribution in [0.2, 0.25) is 0 Å². The molecule has 0 fully saturated rings. The minimum Gasteiger partial charge on any atom is -0.481 e. The number of hydrogen-bond donors (Lipinski definition) is 1. The highest BCUT2D eigenvalue weighted by Gasteiger charge is 2.15. The van der Waals surface area contributed by atoms with Crippen LogP contribution in [-0.4, -0.2) is 19.1 Å². The molecule has 1 aromatic carbocycles. The van der Waals surface area contributed by atoms with E-state index < -0.39 is 6.10 Å². The molecule has 1 N–H and O–H groups in total. The van der Waals surface area contributed by atoms with Gasteiger partial charge in [0.2, 0.25) is 0 Å². The summed E-state index contributed by atoms with van der Waals surface area (Å²) in [7, 11) is 1.60.